The van der Waals surface area contributed by atoms with Gasteiger partial charge in [0.05, 0.1) is 13.7 Å². The SMILES string of the molecule is COc1cc(CN2CCNCC2CC(C)c2ccccc2)cc2c1OCCC2(C)C. The Kier molecular flexibility index (Phi) is 6.35. The second-order valence-corrected chi connectivity index (χ2v) is 9.53. The van der Waals surface area contributed by atoms with Crippen LogP contribution in [-0.4, -0.2) is 44.3 Å². The largest absolute Gasteiger partial charge is 0.493 e. The van der Waals surface area contributed by atoms with E-state index in [9.17, 15) is 0 Å². The van der Waals surface area contributed by atoms with Gasteiger partial charge in [0.15, 0.2) is 11.5 Å². The number of hydrogen-bond donors (Lipinski definition) is 1. The first-order valence-corrected chi connectivity index (χ1v) is 11.3. The van der Waals surface area contributed by atoms with Crippen LogP contribution in [0.3, 0.4) is 0 Å². The zero-order valence-corrected chi connectivity index (χ0v) is 18.9. The summed E-state index contributed by atoms with van der Waals surface area (Å²) in [6.07, 6.45) is 2.20. The van der Waals surface area contributed by atoms with Crippen LogP contribution in [0.1, 0.15) is 56.2 Å². The molecule has 1 fully saturated rings. The molecule has 4 heteroatoms. The highest BCUT2D eigenvalue weighted by atomic mass is 16.5. The fourth-order valence-electron chi connectivity index (χ4n) is 4.90. The van der Waals surface area contributed by atoms with Crippen LogP contribution in [0.4, 0.5) is 0 Å². The monoisotopic (exact) mass is 408 g/mol. The lowest BCUT2D eigenvalue weighted by molar-refractivity contribution is 0.139. The van der Waals surface area contributed by atoms with E-state index < -0.39 is 0 Å². The first kappa shape index (κ1) is 21.2. The van der Waals surface area contributed by atoms with Crippen molar-refractivity contribution in [2.45, 2.75) is 57.5 Å². The number of nitrogens with zero attached hydrogens (tertiary/aromatic N) is 1. The molecule has 0 aliphatic carbocycles. The molecule has 0 saturated carbocycles. The summed E-state index contributed by atoms with van der Waals surface area (Å²) in [6, 6.07) is 16.0. The van der Waals surface area contributed by atoms with Crippen molar-refractivity contribution >= 4 is 0 Å². The van der Waals surface area contributed by atoms with Crippen LogP contribution >= 0.6 is 0 Å². The van der Waals surface area contributed by atoms with E-state index in [4.69, 9.17) is 9.47 Å². The van der Waals surface area contributed by atoms with Crippen molar-refractivity contribution in [1.82, 2.24) is 10.2 Å². The lowest BCUT2D eigenvalue weighted by Crippen LogP contribution is -2.51. The summed E-state index contributed by atoms with van der Waals surface area (Å²) in [7, 11) is 1.75. The van der Waals surface area contributed by atoms with E-state index in [0.717, 1.165) is 57.1 Å². The van der Waals surface area contributed by atoms with E-state index in [1.165, 1.54) is 16.7 Å². The molecule has 2 atom stereocenters. The van der Waals surface area contributed by atoms with Gasteiger partial charge in [-0.2, -0.15) is 0 Å². The molecule has 2 aliphatic rings. The van der Waals surface area contributed by atoms with Gasteiger partial charge in [0.1, 0.15) is 0 Å². The summed E-state index contributed by atoms with van der Waals surface area (Å²) in [6.45, 7) is 11.9. The third-order valence-electron chi connectivity index (χ3n) is 6.89. The number of methoxy groups -OCH3 is 1. The Morgan fingerprint density at radius 3 is 2.80 bits per heavy atom. The van der Waals surface area contributed by atoms with Gasteiger partial charge in [-0.3, -0.25) is 4.90 Å². The van der Waals surface area contributed by atoms with E-state index in [-0.39, 0.29) is 5.41 Å². The molecule has 2 aromatic rings. The third kappa shape index (κ3) is 4.50. The zero-order chi connectivity index (χ0) is 21.1. The maximum absolute atomic E-state index is 6.00. The van der Waals surface area contributed by atoms with Crippen molar-refractivity contribution in [1.29, 1.82) is 0 Å². The molecule has 162 valence electrons. The Labute approximate surface area is 181 Å². The standard InChI is InChI=1S/C26H36N2O2/c1-19(21-8-6-5-7-9-21)14-22-17-27-11-12-28(22)18-20-15-23-25(24(16-20)29-4)30-13-10-26(23,2)3/h5-9,15-16,19,22,27H,10-14,17-18H2,1-4H3. The van der Waals surface area contributed by atoms with Gasteiger partial charge in [-0.15, -0.1) is 0 Å². The molecule has 1 N–H and O–H groups in total. The van der Waals surface area contributed by atoms with E-state index in [1.807, 2.05) is 0 Å². The Hall–Kier alpha value is -2.04. The topological polar surface area (TPSA) is 33.7 Å². The summed E-state index contributed by atoms with van der Waals surface area (Å²) in [5.74, 6) is 2.36. The van der Waals surface area contributed by atoms with Gasteiger partial charge in [-0.1, -0.05) is 51.1 Å². The molecule has 0 amide bonds. The molecule has 0 aromatic heterocycles. The number of rotatable bonds is 6. The van der Waals surface area contributed by atoms with Gasteiger partial charge in [0, 0.05) is 37.8 Å². The maximum Gasteiger partial charge on any atom is 0.164 e. The zero-order valence-electron chi connectivity index (χ0n) is 18.9. The quantitative estimate of drug-likeness (QED) is 0.750. The van der Waals surface area contributed by atoms with Crippen LogP contribution < -0.4 is 14.8 Å². The minimum absolute atomic E-state index is 0.113. The molecule has 2 heterocycles. The van der Waals surface area contributed by atoms with E-state index in [2.05, 4.69) is 73.5 Å². The minimum atomic E-state index is 0.113. The fourth-order valence-corrected chi connectivity index (χ4v) is 4.90. The van der Waals surface area contributed by atoms with Crippen molar-refractivity contribution in [3.8, 4) is 11.5 Å². The minimum Gasteiger partial charge on any atom is -0.493 e. The maximum atomic E-state index is 6.00. The van der Waals surface area contributed by atoms with Crippen molar-refractivity contribution in [3.63, 3.8) is 0 Å². The highest BCUT2D eigenvalue weighted by Gasteiger charge is 2.32. The predicted octanol–water partition coefficient (Wildman–Crippen LogP) is 4.72. The second kappa shape index (κ2) is 8.99. The number of hydrogen-bond acceptors (Lipinski definition) is 4. The van der Waals surface area contributed by atoms with Gasteiger partial charge in [0.2, 0.25) is 0 Å². The second-order valence-electron chi connectivity index (χ2n) is 9.53. The van der Waals surface area contributed by atoms with Crippen LogP contribution in [0.15, 0.2) is 42.5 Å². The van der Waals surface area contributed by atoms with Crippen molar-refractivity contribution in [2.24, 2.45) is 0 Å². The van der Waals surface area contributed by atoms with Crippen molar-refractivity contribution in [2.75, 3.05) is 33.4 Å². The molecule has 4 rings (SSSR count). The van der Waals surface area contributed by atoms with Gasteiger partial charge in [0.25, 0.3) is 0 Å². The van der Waals surface area contributed by atoms with Crippen molar-refractivity contribution in [3.05, 3.63) is 59.2 Å². The first-order valence-electron chi connectivity index (χ1n) is 11.3. The number of fused-ring (bicyclic) bond motifs is 1. The average Bonchev–Trinajstić information content (AvgIpc) is 2.75. The Morgan fingerprint density at radius 2 is 2.03 bits per heavy atom. The number of benzene rings is 2. The van der Waals surface area contributed by atoms with E-state index >= 15 is 0 Å². The molecule has 0 radical (unpaired) electrons. The molecular weight excluding hydrogens is 372 g/mol. The lowest BCUT2D eigenvalue weighted by atomic mass is 9.79. The number of nitrogens with one attached hydrogen (secondary N) is 1. The molecule has 30 heavy (non-hydrogen) atoms. The summed E-state index contributed by atoms with van der Waals surface area (Å²) < 4.78 is 11.7. The summed E-state index contributed by atoms with van der Waals surface area (Å²) in [4.78, 5) is 2.65. The summed E-state index contributed by atoms with van der Waals surface area (Å²) in [5.41, 5.74) is 4.15. The van der Waals surface area contributed by atoms with Gasteiger partial charge < -0.3 is 14.8 Å². The van der Waals surface area contributed by atoms with Crippen LogP contribution in [-0.2, 0) is 12.0 Å². The molecular formula is C26H36N2O2. The van der Waals surface area contributed by atoms with Gasteiger partial charge in [-0.25, -0.2) is 0 Å². The van der Waals surface area contributed by atoms with Crippen LogP contribution in [0.25, 0.3) is 0 Å². The molecule has 4 nitrogen and oxygen atoms in total. The normalized spacial score (nSPS) is 22.1. The van der Waals surface area contributed by atoms with E-state index in [0.29, 0.717) is 12.0 Å². The van der Waals surface area contributed by atoms with Crippen LogP contribution in [0.5, 0.6) is 11.5 Å². The first-order chi connectivity index (χ1) is 14.5. The fraction of sp³-hybridized carbons (Fsp3) is 0.538. The molecule has 2 aromatic carbocycles. The van der Waals surface area contributed by atoms with Gasteiger partial charge in [-0.05, 0) is 47.4 Å². The highest BCUT2D eigenvalue weighted by molar-refractivity contribution is 5.53. The highest BCUT2D eigenvalue weighted by Crippen LogP contribution is 2.44. The Morgan fingerprint density at radius 1 is 1.23 bits per heavy atom. The van der Waals surface area contributed by atoms with E-state index in [1.54, 1.807) is 7.11 Å². The molecule has 0 spiro atoms. The molecule has 2 aliphatic heterocycles. The van der Waals surface area contributed by atoms with Crippen molar-refractivity contribution < 1.29 is 9.47 Å². The molecule has 1 saturated heterocycles. The number of piperazine rings is 1. The van der Waals surface area contributed by atoms with Gasteiger partial charge >= 0.3 is 0 Å². The third-order valence-corrected chi connectivity index (χ3v) is 6.89. The van der Waals surface area contributed by atoms with Crippen LogP contribution in [0, 0.1) is 0 Å². The number of ether oxygens (including phenoxy) is 2. The predicted molar refractivity (Wildman–Crippen MR) is 123 cm³/mol. The van der Waals surface area contributed by atoms with Crippen LogP contribution in [0.2, 0.25) is 0 Å². The average molecular weight is 409 g/mol. The molecule has 2 unspecified atom stereocenters. The lowest BCUT2D eigenvalue weighted by Gasteiger charge is -2.38. The summed E-state index contributed by atoms with van der Waals surface area (Å²) >= 11 is 0. The molecule has 0 bridgehead atoms. The summed E-state index contributed by atoms with van der Waals surface area (Å²) in [5, 5.41) is 3.61. The Balaban J connectivity index is 1.54. The Bertz CT molecular complexity index is 850. The smallest absolute Gasteiger partial charge is 0.164 e.